The molecule has 150 valence electrons. The van der Waals surface area contributed by atoms with Crippen LogP contribution in [0.15, 0.2) is 24.8 Å². The normalized spacial score (nSPS) is 13.3. The predicted octanol–water partition coefficient (Wildman–Crippen LogP) is 3.88. The van der Waals surface area contributed by atoms with Crippen molar-refractivity contribution in [3.05, 3.63) is 30.3 Å². The van der Waals surface area contributed by atoms with E-state index in [-0.39, 0.29) is 12.4 Å². The molecule has 0 radical (unpaired) electrons. The number of hydrogen-bond donors (Lipinski definition) is 0. The molecule has 0 amide bonds. The molecule has 6 heteroatoms. The van der Waals surface area contributed by atoms with Crippen LogP contribution in [-0.4, -0.2) is 40.4 Å². The van der Waals surface area contributed by atoms with Crippen molar-refractivity contribution in [1.82, 2.24) is 0 Å². The van der Waals surface area contributed by atoms with E-state index in [4.69, 9.17) is 18.9 Å². The van der Waals surface area contributed by atoms with Crippen molar-refractivity contribution < 1.29 is 28.5 Å². The molecule has 27 heavy (non-hydrogen) atoms. The van der Waals surface area contributed by atoms with Gasteiger partial charge in [-0.3, -0.25) is 9.59 Å². The largest absolute Gasteiger partial charge is 0.497 e. The van der Waals surface area contributed by atoms with Crippen molar-refractivity contribution in [2.75, 3.05) is 28.4 Å². The van der Waals surface area contributed by atoms with E-state index >= 15 is 0 Å². The highest BCUT2D eigenvalue weighted by Gasteiger charge is 2.44. The minimum Gasteiger partial charge on any atom is -0.497 e. The van der Waals surface area contributed by atoms with Gasteiger partial charge in [-0.25, -0.2) is 0 Å². The summed E-state index contributed by atoms with van der Waals surface area (Å²) >= 11 is 0. The van der Waals surface area contributed by atoms with Gasteiger partial charge in [-0.1, -0.05) is 6.58 Å². The lowest BCUT2D eigenvalue weighted by Gasteiger charge is -2.34. The van der Waals surface area contributed by atoms with Crippen molar-refractivity contribution in [3.63, 3.8) is 0 Å². The summed E-state index contributed by atoms with van der Waals surface area (Å²) in [6.45, 7) is 9.40. The highest BCUT2D eigenvalue weighted by molar-refractivity contribution is 5.83. The van der Waals surface area contributed by atoms with E-state index in [0.717, 1.165) is 5.56 Å². The molecule has 0 saturated carbocycles. The van der Waals surface area contributed by atoms with Crippen molar-refractivity contribution in [1.29, 1.82) is 0 Å². The van der Waals surface area contributed by atoms with Crippen LogP contribution in [0.5, 0.6) is 11.5 Å². The summed E-state index contributed by atoms with van der Waals surface area (Å²) in [5.41, 5.74) is -0.358. The zero-order chi connectivity index (χ0) is 20.8. The zero-order valence-corrected chi connectivity index (χ0v) is 17.3. The first-order valence-electron chi connectivity index (χ1n) is 8.61. The Morgan fingerprint density at radius 1 is 0.963 bits per heavy atom. The third kappa shape index (κ3) is 5.25. The zero-order valence-electron chi connectivity index (χ0n) is 17.3. The number of esters is 2. The number of hydrogen-bond acceptors (Lipinski definition) is 6. The van der Waals surface area contributed by atoms with Gasteiger partial charge in [0.15, 0.2) is 0 Å². The van der Waals surface area contributed by atoms with Crippen LogP contribution < -0.4 is 9.47 Å². The second kappa shape index (κ2) is 8.93. The van der Waals surface area contributed by atoms with Crippen LogP contribution in [0.3, 0.4) is 0 Å². The van der Waals surface area contributed by atoms with Crippen LogP contribution in [0.4, 0.5) is 0 Å². The summed E-state index contributed by atoms with van der Waals surface area (Å²) in [6.07, 6.45) is 0.541. The number of benzene rings is 1. The first-order chi connectivity index (χ1) is 12.5. The summed E-state index contributed by atoms with van der Waals surface area (Å²) in [7, 11) is 5.81. The van der Waals surface area contributed by atoms with Gasteiger partial charge < -0.3 is 18.9 Å². The molecule has 0 heterocycles. The first kappa shape index (κ1) is 22.5. The van der Waals surface area contributed by atoms with Crippen molar-refractivity contribution in [3.8, 4) is 11.5 Å². The molecule has 0 saturated heterocycles. The van der Waals surface area contributed by atoms with E-state index in [2.05, 4.69) is 6.58 Å². The van der Waals surface area contributed by atoms with Gasteiger partial charge in [-0.2, -0.15) is 0 Å². The molecule has 0 fully saturated rings. The fraction of sp³-hybridized carbons (Fsp3) is 0.524. The SMILES string of the molecule is C=C(CC(C)(CC(C)(C)C(=O)OC)C(=O)OC)c1ccc(OC)cc1OC. The van der Waals surface area contributed by atoms with E-state index in [0.29, 0.717) is 23.5 Å². The van der Waals surface area contributed by atoms with Gasteiger partial charge in [0.2, 0.25) is 0 Å². The number of methoxy groups -OCH3 is 4. The average molecular weight is 378 g/mol. The van der Waals surface area contributed by atoms with Gasteiger partial charge >= 0.3 is 11.9 Å². The second-order valence-corrected chi connectivity index (χ2v) is 7.45. The van der Waals surface area contributed by atoms with Gasteiger partial charge in [0.25, 0.3) is 0 Å². The molecular formula is C21H30O6. The van der Waals surface area contributed by atoms with Crippen molar-refractivity contribution in [2.24, 2.45) is 10.8 Å². The highest BCUT2D eigenvalue weighted by atomic mass is 16.5. The topological polar surface area (TPSA) is 71.1 Å². The first-order valence-corrected chi connectivity index (χ1v) is 8.61. The van der Waals surface area contributed by atoms with Gasteiger partial charge in [-0.15, -0.1) is 0 Å². The molecule has 0 aliphatic rings. The standard InChI is InChI=1S/C21H30O6/c1-14(16-10-9-15(24-5)11-17(16)25-6)12-21(4,19(23)27-8)13-20(2,3)18(22)26-7/h9-11H,1,12-13H2,2-8H3. The Balaban J connectivity index is 3.22. The van der Waals surface area contributed by atoms with Crippen LogP contribution in [0.1, 0.15) is 39.2 Å². The monoisotopic (exact) mass is 378 g/mol. The lowest BCUT2D eigenvalue weighted by molar-refractivity contribution is -0.159. The predicted molar refractivity (Wildman–Crippen MR) is 104 cm³/mol. The highest BCUT2D eigenvalue weighted by Crippen LogP contribution is 2.43. The molecule has 1 unspecified atom stereocenters. The number of ether oxygens (including phenoxy) is 4. The molecular weight excluding hydrogens is 348 g/mol. The summed E-state index contributed by atoms with van der Waals surface area (Å²) in [5, 5.41) is 0. The third-order valence-corrected chi connectivity index (χ3v) is 4.64. The molecule has 0 aromatic heterocycles. The second-order valence-electron chi connectivity index (χ2n) is 7.45. The minimum atomic E-state index is -0.964. The molecule has 0 aliphatic heterocycles. The van der Waals surface area contributed by atoms with E-state index < -0.39 is 16.8 Å². The number of rotatable bonds is 9. The Morgan fingerprint density at radius 2 is 1.56 bits per heavy atom. The fourth-order valence-electron chi connectivity index (χ4n) is 3.43. The average Bonchev–Trinajstić information content (AvgIpc) is 2.65. The van der Waals surface area contributed by atoms with E-state index in [1.807, 2.05) is 6.07 Å². The van der Waals surface area contributed by atoms with Crippen molar-refractivity contribution >= 4 is 17.5 Å². The smallest absolute Gasteiger partial charge is 0.311 e. The lowest BCUT2D eigenvalue weighted by Crippen LogP contribution is -2.38. The molecule has 0 aliphatic carbocycles. The molecule has 1 aromatic carbocycles. The van der Waals surface area contributed by atoms with E-state index in [1.165, 1.54) is 14.2 Å². The Morgan fingerprint density at radius 3 is 2.04 bits per heavy atom. The number of carbonyl (C=O) groups excluding carboxylic acids is 2. The maximum atomic E-state index is 12.6. The fourth-order valence-corrected chi connectivity index (χ4v) is 3.43. The molecule has 1 rings (SSSR count). The Hall–Kier alpha value is -2.50. The minimum absolute atomic E-state index is 0.247. The molecule has 1 aromatic rings. The van der Waals surface area contributed by atoms with Gasteiger partial charge in [-0.05, 0) is 51.3 Å². The Bertz CT molecular complexity index is 707. The maximum Gasteiger partial charge on any atom is 0.311 e. The molecule has 0 N–H and O–H groups in total. The van der Waals surface area contributed by atoms with Gasteiger partial charge in [0, 0.05) is 11.6 Å². The molecule has 1 atom stereocenters. The molecule has 0 spiro atoms. The van der Waals surface area contributed by atoms with Crippen LogP contribution >= 0.6 is 0 Å². The lowest BCUT2D eigenvalue weighted by atomic mass is 9.70. The van der Waals surface area contributed by atoms with Gasteiger partial charge in [0.1, 0.15) is 11.5 Å². The van der Waals surface area contributed by atoms with E-state index in [9.17, 15) is 9.59 Å². The van der Waals surface area contributed by atoms with Crippen LogP contribution in [0, 0.1) is 10.8 Å². The van der Waals surface area contributed by atoms with Crippen LogP contribution in [-0.2, 0) is 19.1 Å². The Kier molecular flexibility index (Phi) is 7.46. The summed E-state index contributed by atoms with van der Waals surface area (Å²) in [6, 6.07) is 5.40. The molecule has 0 bridgehead atoms. The summed E-state index contributed by atoms with van der Waals surface area (Å²) < 4.78 is 20.6. The van der Waals surface area contributed by atoms with E-state index in [1.54, 1.807) is 47.1 Å². The maximum absolute atomic E-state index is 12.6. The summed E-state index contributed by atoms with van der Waals surface area (Å²) in [5.74, 6) is 0.461. The van der Waals surface area contributed by atoms with Crippen molar-refractivity contribution in [2.45, 2.75) is 33.6 Å². The van der Waals surface area contributed by atoms with Crippen LogP contribution in [0.25, 0.3) is 5.57 Å². The third-order valence-electron chi connectivity index (χ3n) is 4.64. The Labute approximate surface area is 161 Å². The quantitative estimate of drug-likeness (QED) is 0.608. The number of carbonyl (C=O) groups is 2. The van der Waals surface area contributed by atoms with Gasteiger partial charge in [0.05, 0.1) is 39.3 Å². The summed E-state index contributed by atoms with van der Waals surface area (Å²) in [4.78, 5) is 24.7. The van der Waals surface area contributed by atoms with Crippen LogP contribution in [0.2, 0.25) is 0 Å². The molecule has 6 nitrogen and oxygen atoms in total. The number of allylic oxidation sites excluding steroid dienone is 1.